The van der Waals surface area contributed by atoms with Crippen molar-refractivity contribution in [1.29, 1.82) is 0 Å². The zero-order valence-electron chi connectivity index (χ0n) is 36.2. The number of methoxy groups -OCH3 is 1. The molecular formula is C41H59FN8O10. The number of nitrogen functional groups attached to an aromatic ring is 1. The molecule has 3 N–H and O–H groups in total. The fraction of sp³-hybridized carbons (Fsp3) is 0.707. The van der Waals surface area contributed by atoms with Gasteiger partial charge in [0.15, 0.2) is 17.7 Å². The molecule has 3 aliphatic heterocycles. The third kappa shape index (κ3) is 9.17. The van der Waals surface area contributed by atoms with Crippen molar-refractivity contribution in [3.8, 4) is 23.2 Å². The fourth-order valence-electron chi connectivity index (χ4n) is 8.93. The van der Waals surface area contributed by atoms with Gasteiger partial charge < -0.3 is 39.4 Å². The number of ether oxygens (including phenoxy) is 5. The predicted molar refractivity (Wildman–Crippen MR) is 213 cm³/mol. The first-order valence-electron chi connectivity index (χ1n) is 20.2. The highest BCUT2D eigenvalue weighted by atomic mass is 19.1. The molecule has 5 heterocycles. The van der Waals surface area contributed by atoms with E-state index in [1.54, 1.807) is 40.0 Å². The molecule has 13 atom stereocenters. The van der Waals surface area contributed by atoms with Crippen LogP contribution in [0.3, 0.4) is 0 Å². The number of likely N-dealkylation sites (N-methyl/N-ethyl adjacent to an activating group) is 1. The quantitative estimate of drug-likeness (QED) is 0.221. The van der Waals surface area contributed by atoms with Gasteiger partial charge in [0, 0.05) is 37.0 Å². The number of aliphatic hydroxyl groups excluding tert-OH is 1. The molecule has 3 fully saturated rings. The number of alkyl halides is 1. The number of rotatable bonds is 8. The summed E-state index contributed by atoms with van der Waals surface area (Å²) < 4.78 is 48.7. The number of aromatic nitrogens is 5. The van der Waals surface area contributed by atoms with E-state index in [4.69, 9.17) is 29.4 Å². The van der Waals surface area contributed by atoms with Gasteiger partial charge in [0.25, 0.3) is 5.67 Å². The summed E-state index contributed by atoms with van der Waals surface area (Å²) in [5.74, 6) is 0.0735. The average molecular weight is 843 g/mol. The van der Waals surface area contributed by atoms with Crippen LogP contribution in [0.1, 0.15) is 74.7 Å². The Kier molecular flexibility index (Phi) is 14.1. The Morgan fingerprint density at radius 1 is 1.05 bits per heavy atom. The molecule has 2 aromatic heterocycles. The van der Waals surface area contributed by atoms with Gasteiger partial charge in [0.05, 0.1) is 42.3 Å². The molecule has 3 aliphatic rings. The Morgan fingerprint density at radius 3 is 2.37 bits per heavy atom. The first-order chi connectivity index (χ1) is 28.1. The van der Waals surface area contributed by atoms with E-state index in [9.17, 15) is 24.3 Å². The third-order valence-electron chi connectivity index (χ3n) is 12.3. The number of ketones is 2. The summed E-state index contributed by atoms with van der Waals surface area (Å²) in [7, 11) is 5.00. The molecule has 60 heavy (non-hydrogen) atoms. The number of aliphatic hydroxyl groups is 1. The lowest BCUT2D eigenvalue weighted by molar-refractivity contribution is -0.295. The van der Waals surface area contributed by atoms with Gasteiger partial charge in [0.2, 0.25) is 0 Å². The van der Waals surface area contributed by atoms with Crippen molar-refractivity contribution in [2.45, 2.75) is 141 Å². The maximum atomic E-state index is 16.9. The van der Waals surface area contributed by atoms with Crippen LogP contribution in [0.25, 0.3) is 11.4 Å². The van der Waals surface area contributed by atoms with E-state index < -0.39 is 83.1 Å². The standard InChI is InChI=1S/C41H59FN8O10/c1-12-29-41(8)33(50(38(55)60-41)16-14-13-15-49-20-27(46-47-49)26-18-30(43)45-21-44-26)24(4)31(51)22(2)19-39(6,56-11)35(25(5)34(53)40(7,42)37(54)58-29)59-36-32(52)28(48(9)10)17-23(3)57-36/h18,20-25,28-29,32-33,35-36,52H,12,15-17,19H2,1-11H3,(H2,43,44,45)/t22-,23-,24+,25+,28?,29-,32?,33-,35-,36+,39-,40+,41-/m1/s1. The molecule has 3 saturated heterocycles. The second-order valence-electron chi connectivity index (χ2n) is 17.0. The Balaban J connectivity index is 1.49. The number of Topliss-reactive ketones (excluding diaryl/α,β-unsaturated/α-hetero) is 2. The number of hydrogen-bond donors (Lipinski definition) is 2. The Labute approximate surface area is 350 Å². The Morgan fingerprint density at radius 2 is 1.73 bits per heavy atom. The minimum atomic E-state index is -3.22. The van der Waals surface area contributed by atoms with Crippen LogP contribution in [-0.4, -0.2) is 151 Å². The molecular weight excluding hydrogens is 783 g/mol. The van der Waals surface area contributed by atoms with Crippen molar-refractivity contribution < 1.29 is 52.4 Å². The van der Waals surface area contributed by atoms with Crippen molar-refractivity contribution in [3.05, 3.63) is 18.6 Å². The van der Waals surface area contributed by atoms with Gasteiger partial charge in [-0.15, -0.1) is 5.10 Å². The molecule has 0 radical (unpaired) electrons. The molecule has 0 spiro atoms. The number of cyclic esters (lactones) is 1. The number of nitrogens with zero attached hydrogens (tertiary/aromatic N) is 7. The van der Waals surface area contributed by atoms with Crippen molar-refractivity contribution in [2.75, 3.05) is 33.5 Å². The van der Waals surface area contributed by atoms with Crippen LogP contribution >= 0.6 is 0 Å². The SMILES string of the molecule is CC[C@H]1OC(=O)[C@@](C)(F)C(=O)[C@H](C)[C@@H](O[C@@H]2O[C@H](C)CC(N(C)C)C2O)[C@](C)(OC)C[C@@H](C)C(=O)[C@H](C)[C@H]2N(CC#CCn3cc(-c4cc(N)ncn4)nn3)C(=O)O[C@]12C. The van der Waals surface area contributed by atoms with Crippen molar-refractivity contribution in [2.24, 2.45) is 17.8 Å². The van der Waals surface area contributed by atoms with Crippen molar-refractivity contribution in [1.82, 2.24) is 34.8 Å². The zero-order valence-corrected chi connectivity index (χ0v) is 36.2. The highest BCUT2D eigenvalue weighted by molar-refractivity contribution is 6.08. The highest BCUT2D eigenvalue weighted by Gasteiger charge is 2.61. The van der Waals surface area contributed by atoms with Crippen LogP contribution in [0.5, 0.6) is 0 Å². The van der Waals surface area contributed by atoms with E-state index in [1.807, 2.05) is 25.9 Å². The minimum Gasteiger partial charge on any atom is -0.455 e. The summed E-state index contributed by atoms with van der Waals surface area (Å²) in [4.78, 5) is 67.7. The second-order valence-corrected chi connectivity index (χ2v) is 17.0. The maximum absolute atomic E-state index is 16.9. The van der Waals surface area contributed by atoms with E-state index in [0.717, 1.165) is 6.92 Å². The number of carbonyl (C=O) groups is 4. The summed E-state index contributed by atoms with van der Waals surface area (Å²) in [6.45, 7) is 12.1. The van der Waals surface area contributed by atoms with E-state index in [1.165, 1.54) is 36.9 Å². The Bertz CT molecular complexity index is 1970. The van der Waals surface area contributed by atoms with Crippen LogP contribution in [-0.2, 0) is 44.6 Å². The molecule has 0 bridgehead atoms. The first kappa shape index (κ1) is 46.5. The van der Waals surface area contributed by atoms with Gasteiger partial charge >= 0.3 is 12.1 Å². The number of nitrogens with two attached hydrogens (primary N) is 1. The lowest BCUT2D eigenvalue weighted by Crippen LogP contribution is -2.61. The van der Waals surface area contributed by atoms with Gasteiger partial charge in [-0.25, -0.2) is 28.6 Å². The average Bonchev–Trinajstić information content (AvgIpc) is 3.78. The lowest BCUT2D eigenvalue weighted by Gasteiger charge is -2.47. The summed E-state index contributed by atoms with van der Waals surface area (Å²) >= 11 is 0. The summed E-state index contributed by atoms with van der Waals surface area (Å²) in [6.07, 6.45) is -2.86. The number of hydrogen-bond acceptors (Lipinski definition) is 16. The van der Waals surface area contributed by atoms with Gasteiger partial charge in [-0.2, -0.15) is 0 Å². The number of esters is 1. The number of halogens is 1. The summed E-state index contributed by atoms with van der Waals surface area (Å²) in [5, 5.41) is 19.6. The molecule has 0 aliphatic carbocycles. The molecule has 330 valence electrons. The Hall–Kier alpha value is -4.61. The molecule has 2 unspecified atom stereocenters. The fourth-order valence-corrected chi connectivity index (χ4v) is 8.93. The second kappa shape index (κ2) is 18.2. The van der Waals surface area contributed by atoms with Crippen LogP contribution < -0.4 is 5.73 Å². The molecule has 19 heteroatoms. The molecule has 1 amide bonds. The summed E-state index contributed by atoms with van der Waals surface area (Å²) in [6, 6.07) is 0.113. The van der Waals surface area contributed by atoms with Crippen LogP contribution in [0, 0.1) is 29.6 Å². The maximum Gasteiger partial charge on any atom is 0.411 e. The predicted octanol–water partition coefficient (Wildman–Crippen LogP) is 2.62. The van der Waals surface area contributed by atoms with E-state index in [0.29, 0.717) is 17.8 Å². The monoisotopic (exact) mass is 842 g/mol. The number of amides is 1. The van der Waals surface area contributed by atoms with Gasteiger partial charge in [0.1, 0.15) is 42.4 Å². The van der Waals surface area contributed by atoms with Gasteiger partial charge in [-0.05, 0) is 61.1 Å². The number of fused-ring (bicyclic) bond motifs is 1. The highest BCUT2D eigenvalue weighted by Crippen LogP contribution is 2.43. The smallest absolute Gasteiger partial charge is 0.411 e. The molecule has 2 aromatic rings. The summed E-state index contributed by atoms with van der Waals surface area (Å²) in [5.41, 5.74) is 0.295. The molecule has 0 saturated carbocycles. The van der Waals surface area contributed by atoms with E-state index in [-0.39, 0.29) is 49.7 Å². The lowest BCUT2D eigenvalue weighted by atomic mass is 9.73. The zero-order chi connectivity index (χ0) is 44.5. The van der Waals surface area contributed by atoms with Crippen LogP contribution in [0.15, 0.2) is 18.6 Å². The molecule has 5 rings (SSSR count). The van der Waals surface area contributed by atoms with Crippen LogP contribution in [0.4, 0.5) is 15.0 Å². The molecule has 0 aromatic carbocycles. The largest absolute Gasteiger partial charge is 0.455 e. The third-order valence-corrected chi connectivity index (χ3v) is 12.3. The minimum absolute atomic E-state index is 0.0318. The number of anilines is 1. The number of carbonyl (C=O) groups excluding carboxylic acids is 4. The van der Waals surface area contributed by atoms with Crippen molar-refractivity contribution in [3.63, 3.8) is 0 Å². The normalized spacial score (nSPS) is 36.9. The topological polar surface area (TPSA) is 224 Å². The van der Waals surface area contributed by atoms with Gasteiger partial charge in [-0.1, -0.05) is 44.7 Å². The van der Waals surface area contributed by atoms with E-state index >= 15 is 4.39 Å². The first-order valence-corrected chi connectivity index (χ1v) is 20.2. The van der Waals surface area contributed by atoms with E-state index in [2.05, 4.69) is 32.1 Å². The van der Waals surface area contributed by atoms with Crippen LogP contribution in [0.2, 0.25) is 0 Å². The van der Waals surface area contributed by atoms with Gasteiger partial charge in [-0.3, -0.25) is 14.5 Å². The molecule has 18 nitrogen and oxygen atoms in total. The van der Waals surface area contributed by atoms with Crippen molar-refractivity contribution >= 4 is 29.4 Å².